The summed E-state index contributed by atoms with van der Waals surface area (Å²) >= 11 is 0. The summed E-state index contributed by atoms with van der Waals surface area (Å²) in [6, 6.07) is 5.36. The van der Waals surface area contributed by atoms with Gasteiger partial charge in [-0.15, -0.1) is 0 Å². The van der Waals surface area contributed by atoms with E-state index in [1.807, 2.05) is 19.1 Å². The number of fused-ring (bicyclic) bond motifs is 1. The highest BCUT2D eigenvalue weighted by Crippen LogP contribution is 2.23. The number of aliphatic hydroxyl groups excluding tert-OH is 1. The number of methoxy groups -OCH3 is 1. The number of ether oxygens (including phenoxy) is 1. The predicted octanol–water partition coefficient (Wildman–Crippen LogP) is 1.64. The Hall–Kier alpha value is -1.81. The molecule has 2 rings (SSSR count). The summed E-state index contributed by atoms with van der Waals surface area (Å²) in [6.45, 7) is 1.80. The monoisotopic (exact) mass is 234 g/mol. The van der Waals surface area contributed by atoms with Crippen LogP contribution >= 0.6 is 0 Å². The van der Waals surface area contributed by atoms with Crippen molar-refractivity contribution in [3.63, 3.8) is 0 Å². The first-order valence-electron chi connectivity index (χ1n) is 5.38. The summed E-state index contributed by atoms with van der Waals surface area (Å²) in [6.07, 6.45) is 0.316. The Balaban J connectivity index is 2.72. The molecule has 0 atom stereocenters. The fourth-order valence-electron chi connectivity index (χ4n) is 1.90. The van der Waals surface area contributed by atoms with Crippen LogP contribution in [0.4, 0.5) is 0 Å². The van der Waals surface area contributed by atoms with Gasteiger partial charge in [0, 0.05) is 30.0 Å². The fourth-order valence-corrected chi connectivity index (χ4v) is 1.90. The number of rotatable bonds is 3. The van der Waals surface area contributed by atoms with Gasteiger partial charge in [0.2, 0.25) is 0 Å². The highest BCUT2D eigenvalue weighted by molar-refractivity contribution is 5.82. The molecule has 1 aromatic carbocycles. The Morgan fingerprint density at radius 2 is 2.18 bits per heavy atom. The van der Waals surface area contributed by atoms with Crippen LogP contribution in [0.5, 0.6) is 5.75 Å². The fraction of sp³-hybridized carbons (Fsp3) is 0.308. The summed E-state index contributed by atoms with van der Waals surface area (Å²) in [7, 11) is 1.56. The maximum Gasteiger partial charge on any atom is 0.339 e. The zero-order valence-corrected chi connectivity index (χ0v) is 9.82. The minimum Gasteiger partial charge on any atom is -0.497 e. The van der Waals surface area contributed by atoms with Gasteiger partial charge in [-0.2, -0.15) is 0 Å². The molecule has 0 aliphatic rings. The number of benzene rings is 1. The topological polar surface area (TPSA) is 59.7 Å². The van der Waals surface area contributed by atoms with Crippen LogP contribution in [0, 0.1) is 6.92 Å². The SMILES string of the molecule is COc1ccc2c(C)c(CCO)c(=O)oc2c1. The standard InChI is InChI=1S/C13H14O4/c1-8-10-4-3-9(16-2)7-12(10)17-13(15)11(8)5-6-14/h3-4,7,14H,5-6H2,1-2H3. The average Bonchev–Trinajstić information content (AvgIpc) is 2.33. The normalized spacial score (nSPS) is 10.8. The van der Waals surface area contributed by atoms with E-state index in [1.165, 1.54) is 0 Å². The average molecular weight is 234 g/mol. The Labute approximate surface area is 98.4 Å². The second-order valence-corrected chi connectivity index (χ2v) is 3.83. The Kier molecular flexibility index (Phi) is 3.15. The van der Waals surface area contributed by atoms with E-state index >= 15 is 0 Å². The van der Waals surface area contributed by atoms with E-state index in [2.05, 4.69) is 0 Å². The minimum absolute atomic E-state index is 0.0622. The third kappa shape index (κ3) is 2.03. The van der Waals surface area contributed by atoms with Crippen molar-refractivity contribution in [2.45, 2.75) is 13.3 Å². The molecule has 0 saturated carbocycles. The van der Waals surface area contributed by atoms with Crippen molar-refractivity contribution in [2.24, 2.45) is 0 Å². The van der Waals surface area contributed by atoms with Crippen LogP contribution in [0.1, 0.15) is 11.1 Å². The quantitative estimate of drug-likeness (QED) is 0.820. The molecule has 2 aromatic rings. The van der Waals surface area contributed by atoms with Crippen LogP contribution in [0.25, 0.3) is 11.0 Å². The third-order valence-corrected chi connectivity index (χ3v) is 2.86. The number of aliphatic hydroxyl groups is 1. The molecule has 4 heteroatoms. The van der Waals surface area contributed by atoms with Crippen LogP contribution in [0.3, 0.4) is 0 Å². The molecule has 0 bridgehead atoms. The zero-order valence-electron chi connectivity index (χ0n) is 9.82. The van der Waals surface area contributed by atoms with Crippen molar-refractivity contribution in [2.75, 3.05) is 13.7 Å². The molecule has 0 spiro atoms. The predicted molar refractivity (Wildman–Crippen MR) is 64.6 cm³/mol. The lowest BCUT2D eigenvalue weighted by Gasteiger charge is -2.07. The van der Waals surface area contributed by atoms with Crippen molar-refractivity contribution < 1.29 is 14.3 Å². The molecule has 0 amide bonds. The van der Waals surface area contributed by atoms with Gasteiger partial charge in [-0.05, 0) is 24.6 Å². The molecule has 0 saturated heterocycles. The molecule has 0 fully saturated rings. The lowest BCUT2D eigenvalue weighted by atomic mass is 10.0. The first kappa shape index (κ1) is 11.7. The van der Waals surface area contributed by atoms with E-state index in [-0.39, 0.29) is 6.61 Å². The minimum atomic E-state index is -0.391. The zero-order chi connectivity index (χ0) is 12.4. The Bertz CT molecular complexity index is 598. The molecule has 0 aliphatic heterocycles. The Morgan fingerprint density at radius 3 is 2.82 bits per heavy atom. The van der Waals surface area contributed by atoms with Gasteiger partial charge in [-0.1, -0.05) is 0 Å². The number of hydrogen-bond donors (Lipinski definition) is 1. The second kappa shape index (κ2) is 4.59. The van der Waals surface area contributed by atoms with Crippen molar-refractivity contribution in [3.8, 4) is 5.75 Å². The van der Waals surface area contributed by atoms with Crippen molar-refractivity contribution >= 4 is 11.0 Å². The van der Waals surface area contributed by atoms with Gasteiger partial charge < -0.3 is 14.3 Å². The molecule has 1 heterocycles. The van der Waals surface area contributed by atoms with Gasteiger partial charge in [-0.3, -0.25) is 0 Å². The lowest BCUT2D eigenvalue weighted by molar-refractivity contribution is 0.297. The molecular weight excluding hydrogens is 220 g/mol. The molecule has 1 N–H and O–H groups in total. The van der Waals surface area contributed by atoms with E-state index in [4.69, 9.17) is 14.3 Å². The van der Waals surface area contributed by atoms with E-state index in [0.29, 0.717) is 23.3 Å². The summed E-state index contributed by atoms with van der Waals surface area (Å²) < 4.78 is 10.3. The van der Waals surface area contributed by atoms with E-state index < -0.39 is 5.63 Å². The van der Waals surface area contributed by atoms with Crippen molar-refractivity contribution in [1.82, 2.24) is 0 Å². The van der Waals surface area contributed by atoms with Crippen LogP contribution in [0.15, 0.2) is 27.4 Å². The number of hydrogen-bond acceptors (Lipinski definition) is 4. The third-order valence-electron chi connectivity index (χ3n) is 2.86. The molecule has 90 valence electrons. The molecule has 0 radical (unpaired) electrons. The van der Waals surface area contributed by atoms with Crippen molar-refractivity contribution in [1.29, 1.82) is 0 Å². The van der Waals surface area contributed by atoms with Crippen LogP contribution in [-0.4, -0.2) is 18.8 Å². The largest absolute Gasteiger partial charge is 0.497 e. The van der Waals surface area contributed by atoms with Gasteiger partial charge in [0.05, 0.1) is 7.11 Å². The lowest BCUT2D eigenvalue weighted by Crippen LogP contribution is -2.11. The molecule has 0 aliphatic carbocycles. The summed E-state index contributed by atoms with van der Waals surface area (Å²) in [5.41, 5.74) is 1.50. The first-order valence-corrected chi connectivity index (χ1v) is 5.38. The highest BCUT2D eigenvalue weighted by atomic mass is 16.5. The van der Waals surface area contributed by atoms with Gasteiger partial charge >= 0.3 is 5.63 Å². The molecule has 4 nitrogen and oxygen atoms in total. The van der Waals surface area contributed by atoms with E-state index in [1.54, 1.807) is 13.2 Å². The molecule has 0 unspecified atom stereocenters. The number of aryl methyl sites for hydroxylation is 1. The smallest absolute Gasteiger partial charge is 0.339 e. The molecule has 1 aromatic heterocycles. The van der Waals surface area contributed by atoms with Crippen LogP contribution in [-0.2, 0) is 6.42 Å². The van der Waals surface area contributed by atoms with Crippen LogP contribution in [0.2, 0.25) is 0 Å². The second-order valence-electron chi connectivity index (χ2n) is 3.83. The Morgan fingerprint density at radius 1 is 1.41 bits per heavy atom. The summed E-state index contributed by atoms with van der Waals surface area (Å²) in [4.78, 5) is 11.7. The van der Waals surface area contributed by atoms with Crippen LogP contribution < -0.4 is 10.4 Å². The van der Waals surface area contributed by atoms with Gasteiger partial charge in [-0.25, -0.2) is 4.79 Å². The summed E-state index contributed by atoms with van der Waals surface area (Å²) in [5, 5.41) is 9.79. The van der Waals surface area contributed by atoms with E-state index in [0.717, 1.165) is 10.9 Å². The molecular formula is C13H14O4. The van der Waals surface area contributed by atoms with Crippen molar-refractivity contribution in [3.05, 3.63) is 39.7 Å². The van der Waals surface area contributed by atoms with E-state index in [9.17, 15) is 4.79 Å². The van der Waals surface area contributed by atoms with Gasteiger partial charge in [0.25, 0.3) is 0 Å². The maximum atomic E-state index is 11.7. The van der Waals surface area contributed by atoms with Gasteiger partial charge in [0.15, 0.2) is 0 Å². The van der Waals surface area contributed by atoms with Gasteiger partial charge in [0.1, 0.15) is 11.3 Å². The first-order chi connectivity index (χ1) is 8.17. The molecule has 17 heavy (non-hydrogen) atoms. The maximum absolute atomic E-state index is 11.7. The highest BCUT2D eigenvalue weighted by Gasteiger charge is 2.11. The summed E-state index contributed by atoms with van der Waals surface area (Å²) in [5.74, 6) is 0.648.